The molecular weight excluding hydrogens is 445 g/mol. The fourth-order valence-electron chi connectivity index (χ4n) is 4.95. The minimum atomic E-state index is -0.174. The van der Waals surface area contributed by atoms with Crippen LogP contribution in [0.15, 0.2) is 36.5 Å². The number of hydrogen-bond acceptors (Lipinski definition) is 5. The van der Waals surface area contributed by atoms with Crippen molar-refractivity contribution in [2.45, 2.75) is 25.9 Å². The number of piperazine rings is 1. The fourth-order valence-corrected chi connectivity index (χ4v) is 5.36. The van der Waals surface area contributed by atoms with Crippen LogP contribution in [0.5, 0.6) is 0 Å². The average Bonchev–Trinajstić information content (AvgIpc) is 2.80. The number of aromatic nitrogens is 1. The molecule has 174 valence electrons. The molecule has 4 rings (SSSR count). The molecular formula is C24H33Cl2N5O. The third-order valence-electron chi connectivity index (χ3n) is 6.66. The van der Waals surface area contributed by atoms with Crippen LogP contribution in [0.1, 0.15) is 30.7 Å². The minimum Gasteiger partial charge on any atom is -0.355 e. The van der Waals surface area contributed by atoms with Gasteiger partial charge < -0.3 is 10.2 Å². The highest BCUT2D eigenvalue weighted by molar-refractivity contribution is 6.33. The van der Waals surface area contributed by atoms with Crippen molar-refractivity contribution in [1.82, 2.24) is 20.1 Å². The Morgan fingerprint density at radius 2 is 1.88 bits per heavy atom. The highest BCUT2D eigenvalue weighted by Crippen LogP contribution is 2.28. The maximum absolute atomic E-state index is 11.8. The first-order chi connectivity index (χ1) is 15.4. The molecule has 2 saturated heterocycles. The number of likely N-dealkylation sites (tertiary alicyclic amines) is 1. The van der Waals surface area contributed by atoms with Crippen LogP contribution in [0.4, 0.5) is 5.82 Å². The van der Waals surface area contributed by atoms with Crippen LogP contribution in [-0.2, 0) is 6.54 Å². The van der Waals surface area contributed by atoms with Gasteiger partial charge in [-0.1, -0.05) is 42.3 Å². The van der Waals surface area contributed by atoms with Crippen LogP contribution in [0.25, 0.3) is 0 Å². The molecule has 2 aromatic rings. The first-order valence-corrected chi connectivity index (χ1v) is 12.0. The Balaban J connectivity index is 0.00000306. The number of anilines is 1. The zero-order valence-electron chi connectivity index (χ0n) is 18.7. The van der Waals surface area contributed by atoms with Gasteiger partial charge in [0.05, 0.1) is 10.6 Å². The number of carbonyl (C=O) groups is 1. The van der Waals surface area contributed by atoms with Gasteiger partial charge >= 0.3 is 0 Å². The lowest BCUT2D eigenvalue weighted by atomic mass is 9.91. The molecule has 2 atom stereocenters. The number of hydrogen-bond donors (Lipinski definition) is 1. The molecule has 2 unspecified atom stereocenters. The van der Waals surface area contributed by atoms with Gasteiger partial charge in [-0.25, -0.2) is 4.98 Å². The first-order valence-electron chi connectivity index (χ1n) is 11.3. The van der Waals surface area contributed by atoms with E-state index in [4.69, 9.17) is 23.2 Å². The van der Waals surface area contributed by atoms with Gasteiger partial charge in [-0.2, -0.15) is 0 Å². The van der Waals surface area contributed by atoms with Crippen LogP contribution in [0.2, 0.25) is 10.0 Å². The maximum Gasteiger partial charge on any atom is 0.252 e. The normalized spacial score (nSPS) is 22.7. The summed E-state index contributed by atoms with van der Waals surface area (Å²) in [6.07, 6.45) is 2.79. The zero-order valence-corrected chi connectivity index (χ0v) is 20.2. The van der Waals surface area contributed by atoms with Crippen molar-refractivity contribution in [2.24, 2.45) is 5.92 Å². The lowest BCUT2D eigenvalue weighted by Gasteiger charge is -2.46. The molecule has 1 aromatic carbocycles. The third-order valence-corrected chi connectivity index (χ3v) is 7.19. The van der Waals surface area contributed by atoms with E-state index in [0.717, 1.165) is 56.7 Å². The molecule has 2 aliphatic heterocycles. The van der Waals surface area contributed by atoms with Crippen molar-refractivity contribution in [3.8, 4) is 0 Å². The lowest BCUT2D eigenvalue weighted by Crippen LogP contribution is -2.56. The Hall–Kier alpha value is -1.86. The van der Waals surface area contributed by atoms with E-state index in [0.29, 0.717) is 22.5 Å². The van der Waals surface area contributed by atoms with E-state index in [1.807, 2.05) is 12.1 Å². The predicted molar refractivity (Wildman–Crippen MR) is 133 cm³/mol. The summed E-state index contributed by atoms with van der Waals surface area (Å²) < 4.78 is 0. The van der Waals surface area contributed by atoms with E-state index in [1.165, 1.54) is 12.0 Å². The molecule has 0 aliphatic carbocycles. The minimum absolute atomic E-state index is 0. The molecule has 2 fully saturated rings. The molecule has 0 saturated carbocycles. The SMILES string of the molecule is CNC(=O)c1cnc(N2CCN(C3CCN(Cc4ccc(Cl)cc4)CC3C)CC2)c(Cl)c1.[HH]. The van der Waals surface area contributed by atoms with E-state index in [1.54, 1.807) is 19.3 Å². The van der Waals surface area contributed by atoms with Crippen molar-refractivity contribution >= 4 is 34.9 Å². The van der Waals surface area contributed by atoms with E-state index in [-0.39, 0.29) is 7.33 Å². The number of piperidine rings is 1. The smallest absolute Gasteiger partial charge is 0.252 e. The number of pyridine rings is 1. The predicted octanol–water partition coefficient (Wildman–Crippen LogP) is 4.03. The Bertz CT molecular complexity index is 937. The summed E-state index contributed by atoms with van der Waals surface area (Å²) in [6.45, 7) is 9.38. The second-order valence-electron chi connectivity index (χ2n) is 8.83. The summed E-state index contributed by atoms with van der Waals surface area (Å²) in [7, 11) is 1.60. The molecule has 6 nitrogen and oxygen atoms in total. The Labute approximate surface area is 202 Å². The van der Waals surface area contributed by atoms with Crippen molar-refractivity contribution in [1.29, 1.82) is 0 Å². The molecule has 0 bridgehead atoms. The Morgan fingerprint density at radius 3 is 2.50 bits per heavy atom. The van der Waals surface area contributed by atoms with Gasteiger partial charge in [0.2, 0.25) is 0 Å². The average molecular weight is 478 g/mol. The summed E-state index contributed by atoms with van der Waals surface area (Å²) in [6, 6.07) is 10.5. The number of amides is 1. The number of nitrogens with one attached hydrogen (secondary N) is 1. The zero-order chi connectivity index (χ0) is 22.7. The van der Waals surface area contributed by atoms with E-state index < -0.39 is 0 Å². The van der Waals surface area contributed by atoms with Gasteiger partial charge in [-0.05, 0) is 42.6 Å². The maximum atomic E-state index is 11.8. The van der Waals surface area contributed by atoms with Gasteiger partial charge in [0, 0.05) is 65.0 Å². The quantitative estimate of drug-likeness (QED) is 0.704. The van der Waals surface area contributed by atoms with E-state index >= 15 is 0 Å². The number of rotatable bonds is 5. The van der Waals surface area contributed by atoms with Crippen LogP contribution < -0.4 is 10.2 Å². The number of halogens is 2. The summed E-state index contributed by atoms with van der Waals surface area (Å²) in [5.74, 6) is 1.22. The molecule has 1 aromatic heterocycles. The summed E-state index contributed by atoms with van der Waals surface area (Å²) >= 11 is 12.5. The van der Waals surface area contributed by atoms with Crippen LogP contribution >= 0.6 is 23.2 Å². The molecule has 0 spiro atoms. The summed E-state index contributed by atoms with van der Waals surface area (Å²) in [4.78, 5) is 23.7. The van der Waals surface area contributed by atoms with Crippen LogP contribution in [0, 0.1) is 5.92 Å². The first kappa shape index (κ1) is 23.3. The molecule has 2 aliphatic rings. The van der Waals surface area contributed by atoms with E-state index in [2.05, 4.69) is 44.1 Å². The fraction of sp³-hybridized carbons (Fsp3) is 0.500. The van der Waals surface area contributed by atoms with Crippen LogP contribution in [-0.4, -0.2) is 73.0 Å². The summed E-state index contributed by atoms with van der Waals surface area (Å²) in [5, 5.41) is 3.93. The third kappa shape index (κ3) is 5.37. The highest BCUT2D eigenvalue weighted by atomic mass is 35.5. The molecule has 0 radical (unpaired) electrons. The van der Waals surface area contributed by atoms with Gasteiger partial charge in [0.15, 0.2) is 0 Å². The number of carbonyl (C=O) groups excluding carboxylic acids is 1. The largest absolute Gasteiger partial charge is 0.355 e. The number of benzene rings is 1. The second-order valence-corrected chi connectivity index (χ2v) is 9.67. The van der Waals surface area contributed by atoms with Crippen molar-refractivity contribution < 1.29 is 6.22 Å². The van der Waals surface area contributed by atoms with Crippen molar-refractivity contribution in [3.63, 3.8) is 0 Å². The molecule has 32 heavy (non-hydrogen) atoms. The second kappa shape index (κ2) is 10.4. The highest BCUT2D eigenvalue weighted by Gasteiger charge is 2.32. The molecule has 8 heteroatoms. The topological polar surface area (TPSA) is 51.7 Å². The Kier molecular flexibility index (Phi) is 7.56. The monoisotopic (exact) mass is 477 g/mol. The van der Waals surface area contributed by atoms with Crippen molar-refractivity contribution in [3.05, 3.63) is 57.7 Å². The van der Waals surface area contributed by atoms with Gasteiger partial charge in [-0.3, -0.25) is 14.6 Å². The van der Waals surface area contributed by atoms with E-state index in [9.17, 15) is 4.79 Å². The van der Waals surface area contributed by atoms with Gasteiger partial charge in [0.1, 0.15) is 5.82 Å². The van der Waals surface area contributed by atoms with Gasteiger partial charge in [0.25, 0.3) is 5.91 Å². The standard InChI is InChI=1S/C24H31Cl2N5O.H2/c1-17-15-29(16-18-3-5-20(25)6-4-18)8-7-22(17)30-9-11-31(12-10-30)23-21(26)13-19(14-28-23)24(32)27-2;/h3-6,13-14,17,22H,7-12,15-16H2,1-2H3,(H,27,32);1H. The van der Waals surface area contributed by atoms with Crippen LogP contribution in [0.3, 0.4) is 0 Å². The number of nitrogens with zero attached hydrogens (tertiary/aromatic N) is 4. The van der Waals surface area contributed by atoms with Crippen molar-refractivity contribution in [2.75, 3.05) is 51.2 Å². The molecule has 1 amide bonds. The van der Waals surface area contributed by atoms with Gasteiger partial charge in [-0.15, -0.1) is 0 Å². The lowest BCUT2D eigenvalue weighted by molar-refractivity contribution is 0.0568. The Morgan fingerprint density at radius 1 is 1.16 bits per heavy atom. The molecule has 1 N–H and O–H groups in total. The molecule has 3 heterocycles. The summed E-state index contributed by atoms with van der Waals surface area (Å²) in [5.41, 5.74) is 1.81.